The lowest BCUT2D eigenvalue weighted by molar-refractivity contribution is 0.0960. The van der Waals surface area contributed by atoms with Gasteiger partial charge in [-0.05, 0) is 61.2 Å². The maximum atomic E-state index is 14.0. The molecular weight excluding hydrogens is 531 g/mol. The smallest absolute Gasteiger partial charge is 0.408 e. The third-order valence-corrected chi connectivity index (χ3v) is 7.64. The number of oxazole rings is 1. The van der Waals surface area contributed by atoms with Crippen molar-refractivity contribution in [3.05, 3.63) is 92.4 Å². The number of alkyl halides is 1. The van der Waals surface area contributed by atoms with E-state index in [2.05, 4.69) is 20.0 Å². The number of anilines is 1. The van der Waals surface area contributed by atoms with Crippen LogP contribution in [0.25, 0.3) is 21.2 Å². The van der Waals surface area contributed by atoms with Gasteiger partial charge in [-0.3, -0.25) is 14.6 Å². The zero-order valence-electron chi connectivity index (χ0n) is 20.6. The van der Waals surface area contributed by atoms with Gasteiger partial charge in [0.25, 0.3) is 11.8 Å². The average Bonchev–Trinajstić information content (AvgIpc) is 3.58. The molecule has 0 aliphatic carbocycles. The highest BCUT2D eigenvalue weighted by molar-refractivity contribution is 7.13. The molecule has 3 N–H and O–H groups in total. The van der Waals surface area contributed by atoms with Crippen LogP contribution in [0.4, 0.5) is 10.1 Å². The standard InChI is InChI=1S/C27H22ClFN4O4S/c1-4-14(29)9-12(2)16(11-28)13(3)22-20-17(10-18-24(32-27(36)37-18)21(20)25(34)31-22)30-26(35)23-15-7-5-6-8-19(15)38-33-23/h4-10,22H,11H2,1-3H3,(H,30,35)(H,31,34)(H,32,36)/b12-9-,14-4+,16-13+. The molecule has 0 fully saturated rings. The molecule has 2 aromatic heterocycles. The Kier molecular flexibility index (Phi) is 6.77. The number of rotatable bonds is 6. The number of carbonyl (C=O) groups is 2. The fraction of sp³-hybridized carbons (Fsp3) is 0.185. The monoisotopic (exact) mass is 552 g/mol. The van der Waals surface area contributed by atoms with Crippen LogP contribution in [0.3, 0.4) is 0 Å². The molecule has 2 aromatic carbocycles. The van der Waals surface area contributed by atoms with Gasteiger partial charge < -0.3 is 15.1 Å². The van der Waals surface area contributed by atoms with Gasteiger partial charge in [0.05, 0.1) is 22.0 Å². The zero-order chi connectivity index (χ0) is 27.1. The number of hydrogen-bond donors (Lipinski definition) is 3. The molecule has 3 heterocycles. The van der Waals surface area contributed by atoms with E-state index in [1.165, 1.54) is 29.8 Å². The van der Waals surface area contributed by atoms with Crippen LogP contribution < -0.4 is 16.4 Å². The van der Waals surface area contributed by atoms with E-state index in [4.69, 9.17) is 16.0 Å². The molecule has 4 aromatic rings. The molecule has 0 spiro atoms. The Labute approximate surface area is 225 Å². The van der Waals surface area contributed by atoms with Gasteiger partial charge in [0.15, 0.2) is 5.58 Å². The molecule has 1 unspecified atom stereocenters. The first-order valence-electron chi connectivity index (χ1n) is 11.7. The van der Waals surface area contributed by atoms with Crippen molar-refractivity contribution in [2.45, 2.75) is 26.8 Å². The molecule has 38 heavy (non-hydrogen) atoms. The summed E-state index contributed by atoms with van der Waals surface area (Å²) in [6, 6.07) is 8.14. The van der Waals surface area contributed by atoms with E-state index in [0.717, 1.165) is 4.70 Å². The second kappa shape index (κ2) is 10.0. The highest BCUT2D eigenvalue weighted by Crippen LogP contribution is 2.42. The predicted molar refractivity (Wildman–Crippen MR) is 147 cm³/mol. The van der Waals surface area contributed by atoms with Gasteiger partial charge in [0.2, 0.25) is 0 Å². The number of aromatic nitrogens is 2. The molecule has 11 heteroatoms. The van der Waals surface area contributed by atoms with Crippen LogP contribution in [0.15, 0.2) is 74.2 Å². The summed E-state index contributed by atoms with van der Waals surface area (Å²) in [5.41, 5.74) is 3.33. The van der Waals surface area contributed by atoms with Gasteiger partial charge in [-0.15, -0.1) is 11.6 Å². The van der Waals surface area contributed by atoms with Crippen molar-refractivity contribution < 1.29 is 18.4 Å². The molecule has 0 saturated heterocycles. The Morgan fingerprint density at radius 3 is 2.79 bits per heavy atom. The Morgan fingerprint density at radius 1 is 1.29 bits per heavy atom. The quantitative estimate of drug-likeness (QED) is 0.196. The minimum atomic E-state index is -0.735. The molecule has 2 amide bonds. The summed E-state index contributed by atoms with van der Waals surface area (Å²) in [5, 5.41) is 6.48. The van der Waals surface area contributed by atoms with Crippen molar-refractivity contribution in [1.29, 1.82) is 0 Å². The number of halogens is 2. The van der Waals surface area contributed by atoms with E-state index >= 15 is 0 Å². The fourth-order valence-corrected chi connectivity index (χ4v) is 5.84. The lowest BCUT2D eigenvalue weighted by Gasteiger charge is -2.20. The minimum absolute atomic E-state index is 0.0597. The minimum Gasteiger partial charge on any atom is -0.408 e. The topological polar surface area (TPSA) is 117 Å². The van der Waals surface area contributed by atoms with Crippen molar-refractivity contribution in [1.82, 2.24) is 14.7 Å². The van der Waals surface area contributed by atoms with E-state index < -0.39 is 29.4 Å². The normalized spacial score (nSPS) is 16.6. The average molecular weight is 553 g/mol. The lowest BCUT2D eigenvalue weighted by atomic mass is 9.91. The fourth-order valence-electron chi connectivity index (χ4n) is 4.65. The largest absolute Gasteiger partial charge is 0.417 e. The van der Waals surface area contributed by atoms with Gasteiger partial charge >= 0.3 is 5.76 Å². The highest BCUT2D eigenvalue weighted by atomic mass is 35.5. The molecule has 1 atom stereocenters. The lowest BCUT2D eigenvalue weighted by Crippen LogP contribution is -2.22. The summed E-state index contributed by atoms with van der Waals surface area (Å²) in [4.78, 5) is 41.2. The molecular formula is C27H22ClFN4O4S. The van der Waals surface area contributed by atoms with Crippen LogP contribution in [0.5, 0.6) is 0 Å². The van der Waals surface area contributed by atoms with Crippen LogP contribution in [0, 0.1) is 0 Å². The van der Waals surface area contributed by atoms with Crippen molar-refractivity contribution >= 4 is 61.8 Å². The summed E-state index contributed by atoms with van der Waals surface area (Å²) in [5.74, 6) is -2.04. The Hall–Kier alpha value is -4.02. The number of fused-ring (bicyclic) bond motifs is 4. The Morgan fingerprint density at radius 2 is 2.05 bits per heavy atom. The van der Waals surface area contributed by atoms with E-state index in [-0.39, 0.29) is 33.9 Å². The summed E-state index contributed by atoms with van der Waals surface area (Å²) >= 11 is 7.48. The number of amides is 2. The van der Waals surface area contributed by atoms with Crippen LogP contribution in [0.1, 0.15) is 53.2 Å². The first-order chi connectivity index (χ1) is 18.2. The number of benzene rings is 2. The summed E-state index contributed by atoms with van der Waals surface area (Å²) in [6.45, 7) is 5.10. The number of hydrogen-bond acceptors (Lipinski definition) is 6. The molecule has 8 nitrogen and oxygen atoms in total. The van der Waals surface area contributed by atoms with Crippen molar-refractivity contribution in [2.75, 3.05) is 11.2 Å². The number of nitrogens with one attached hydrogen (secondary N) is 3. The van der Waals surface area contributed by atoms with E-state index in [1.54, 1.807) is 26.8 Å². The van der Waals surface area contributed by atoms with Crippen LogP contribution >= 0.6 is 23.1 Å². The number of nitrogens with zero attached hydrogens (tertiary/aromatic N) is 1. The van der Waals surface area contributed by atoms with Gasteiger partial charge in [-0.25, -0.2) is 9.18 Å². The molecule has 0 saturated carbocycles. The van der Waals surface area contributed by atoms with E-state index in [0.29, 0.717) is 27.7 Å². The van der Waals surface area contributed by atoms with Gasteiger partial charge in [0.1, 0.15) is 17.0 Å². The molecule has 0 bridgehead atoms. The molecule has 194 valence electrons. The maximum absolute atomic E-state index is 14.0. The molecule has 1 aliphatic rings. The molecule has 1 aliphatic heterocycles. The zero-order valence-corrected chi connectivity index (χ0v) is 22.1. The van der Waals surface area contributed by atoms with Crippen LogP contribution in [-0.4, -0.2) is 27.1 Å². The summed E-state index contributed by atoms with van der Waals surface area (Å²) in [6.07, 6.45) is 2.70. The second-order valence-corrected chi connectivity index (χ2v) is 9.86. The SMILES string of the molecule is C\C=C(F)/C=C(C)\C(CCl)=C(/C)C1NC(=O)c2c1c(NC(=O)c1nsc3ccccc13)cc1oc(=O)[nH]c21. The Bertz CT molecular complexity index is 1780. The first kappa shape index (κ1) is 25.6. The predicted octanol–water partition coefficient (Wildman–Crippen LogP) is 6.14. The number of carbonyl (C=O) groups excluding carboxylic acids is 2. The first-order valence-corrected chi connectivity index (χ1v) is 13.0. The summed E-state index contributed by atoms with van der Waals surface area (Å²) < 4.78 is 24.4. The molecule has 0 radical (unpaired) electrons. The molecule has 5 rings (SSSR count). The van der Waals surface area contributed by atoms with E-state index in [1.807, 2.05) is 18.2 Å². The third kappa shape index (κ3) is 4.35. The summed E-state index contributed by atoms with van der Waals surface area (Å²) in [7, 11) is 0. The Balaban J connectivity index is 1.68. The third-order valence-electron chi connectivity index (χ3n) is 6.54. The van der Waals surface area contributed by atoms with Crippen LogP contribution in [0.2, 0.25) is 0 Å². The van der Waals surface area contributed by atoms with Crippen LogP contribution in [-0.2, 0) is 0 Å². The maximum Gasteiger partial charge on any atom is 0.417 e. The van der Waals surface area contributed by atoms with Gasteiger partial charge in [-0.1, -0.05) is 24.3 Å². The number of H-pyrrole nitrogens is 1. The van der Waals surface area contributed by atoms with Crippen molar-refractivity contribution in [3.8, 4) is 0 Å². The van der Waals surface area contributed by atoms with E-state index in [9.17, 15) is 18.8 Å². The number of aromatic amines is 1. The second-order valence-electron chi connectivity index (χ2n) is 8.78. The van der Waals surface area contributed by atoms with Crippen molar-refractivity contribution in [3.63, 3.8) is 0 Å². The van der Waals surface area contributed by atoms with Crippen molar-refractivity contribution in [2.24, 2.45) is 0 Å². The number of allylic oxidation sites excluding steroid dienone is 5. The van der Waals surface area contributed by atoms with Gasteiger partial charge in [-0.2, -0.15) is 4.37 Å². The van der Waals surface area contributed by atoms with Gasteiger partial charge in [0, 0.05) is 22.9 Å². The highest BCUT2D eigenvalue weighted by Gasteiger charge is 2.37.